The Labute approximate surface area is 247 Å². The van der Waals surface area contributed by atoms with Crippen LogP contribution in [-0.4, -0.2) is 44.4 Å². The number of hydrogen-bond acceptors (Lipinski definition) is 10. The summed E-state index contributed by atoms with van der Waals surface area (Å²) in [5.74, 6) is 6.74. The fourth-order valence-electron chi connectivity index (χ4n) is 4.28. The van der Waals surface area contributed by atoms with E-state index in [0.29, 0.717) is 40.5 Å². The highest BCUT2D eigenvalue weighted by molar-refractivity contribution is 7.70. The van der Waals surface area contributed by atoms with E-state index in [1.807, 2.05) is 19.1 Å². The first-order valence-corrected chi connectivity index (χ1v) is 14.2. The van der Waals surface area contributed by atoms with Crippen LogP contribution in [0.4, 0.5) is 11.6 Å². The molecule has 0 aliphatic carbocycles. The van der Waals surface area contributed by atoms with E-state index in [4.69, 9.17) is 22.3 Å². The van der Waals surface area contributed by atoms with Gasteiger partial charge in [-0.1, -0.05) is 35.7 Å². The first kappa shape index (κ1) is 28.6. The summed E-state index contributed by atoms with van der Waals surface area (Å²) in [6.07, 6.45) is 6.33. The van der Waals surface area contributed by atoms with Gasteiger partial charge in [0.1, 0.15) is 35.0 Å². The molecule has 5 aromatic rings. The number of hydrogen-bond donors (Lipinski definition) is 4. The Hall–Kier alpha value is -4.90. The molecule has 0 spiro atoms. The first-order chi connectivity index (χ1) is 20.3. The molecular formula is C28H24ClN9O3S. The normalized spacial score (nSPS) is 11.7. The predicted molar refractivity (Wildman–Crippen MR) is 161 cm³/mol. The lowest BCUT2D eigenvalue weighted by molar-refractivity contribution is 0.602. The Morgan fingerprint density at radius 1 is 1.10 bits per heavy atom. The largest absolute Gasteiger partial charge is 0.382 e. The molecule has 212 valence electrons. The maximum absolute atomic E-state index is 14.0. The van der Waals surface area contributed by atoms with E-state index in [2.05, 4.69) is 41.8 Å². The van der Waals surface area contributed by atoms with Gasteiger partial charge < -0.3 is 11.1 Å². The number of nitrogens with two attached hydrogens (primary N) is 1. The molecule has 14 heteroatoms. The highest BCUT2D eigenvalue weighted by Gasteiger charge is 2.21. The molecule has 12 nitrogen and oxygen atoms in total. The minimum atomic E-state index is -2.71. The molecule has 2 aromatic carbocycles. The van der Waals surface area contributed by atoms with Gasteiger partial charge in [-0.2, -0.15) is 0 Å². The number of benzene rings is 2. The van der Waals surface area contributed by atoms with Gasteiger partial charge in [-0.05, 0) is 49.1 Å². The molecule has 1 atom stereocenters. The van der Waals surface area contributed by atoms with Crippen molar-refractivity contribution in [1.29, 1.82) is 0 Å². The summed E-state index contributed by atoms with van der Waals surface area (Å²) in [6, 6.07) is 11.7. The zero-order valence-corrected chi connectivity index (χ0v) is 23.8. The van der Waals surface area contributed by atoms with E-state index < -0.39 is 16.9 Å². The number of nitrogens with one attached hydrogen (secondary N) is 2. The van der Waals surface area contributed by atoms with Gasteiger partial charge in [-0.3, -0.25) is 14.3 Å². The Morgan fingerprint density at radius 3 is 2.71 bits per heavy atom. The minimum Gasteiger partial charge on any atom is -0.382 e. The van der Waals surface area contributed by atoms with E-state index in [1.165, 1.54) is 23.3 Å². The minimum absolute atomic E-state index is 0.160. The van der Waals surface area contributed by atoms with Gasteiger partial charge >= 0.3 is 0 Å². The summed E-state index contributed by atoms with van der Waals surface area (Å²) < 4.78 is 25.7. The highest BCUT2D eigenvalue weighted by Crippen LogP contribution is 2.26. The van der Waals surface area contributed by atoms with Crippen LogP contribution < -0.4 is 21.3 Å². The highest BCUT2D eigenvalue weighted by atomic mass is 35.5. The first-order valence-electron chi connectivity index (χ1n) is 12.6. The maximum atomic E-state index is 14.0. The number of aromatic nitrogens is 6. The summed E-state index contributed by atoms with van der Waals surface area (Å²) in [5, 5.41) is 3.82. The molecular weight excluding hydrogens is 578 g/mol. The molecule has 1 unspecified atom stereocenters. The smallest absolute Gasteiger partial charge is 0.267 e. The van der Waals surface area contributed by atoms with E-state index in [1.54, 1.807) is 36.5 Å². The van der Waals surface area contributed by atoms with Gasteiger partial charge in [0.15, 0.2) is 0 Å². The number of anilines is 2. The van der Waals surface area contributed by atoms with Crippen LogP contribution in [-0.2, 0) is 17.3 Å². The molecule has 5 rings (SSSR count). The van der Waals surface area contributed by atoms with Gasteiger partial charge in [-0.25, -0.2) is 33.1 Å². The third kappa shape index (κ3) is 6.36. The quantitative estimate of drug-likeness (QED) is 0.153. The average Bonchev–Trinajstić information content (AvgIpc) is 2.97. The molecule has 0 radical (unpaired) electrons. The van der Waals surface area contributed by atoms with Crippen molar-refractivity contribution in [2.75, 3.05) is 17.6 Å². The SMILES string of the molecule is CC(Nc1ncnc(N)c1C#Cc1cnccn1)c1nc2cccc(Cl)c2c(=O)n1-c1cccc(CCN[SH](=O)=O)c1. The Bertz CT molecular complexity index is 1960. The second-order valence-electron chi connectivity index (χ2n) is 9.02. The monoisotopic (exact) mass is 601 g/mol. The van der Waals surface area contributed by atoms with Crippen LogP contribution in [0.15, 0.2) is 72.2 Å². The molecule has 3 heterocycles. The van der Waals surface area contributed by atoms with E-state index >= 15 is 0 Å². The van der Waals surface area contributed by atoms with Crippen LogP contribution in [0.5, 0.6) is 0 Å². The van der Waals surface area contributed by atoms with Gasteiger partial charge in [0, 0.05) is 18.9 Å². The van der Waals surface area contributed by atoms with Crippen LogP contribution >= 0.6 is 11.6 Å². The molecule has 42 heavy (non-hydrogen) atoms. The van der Waals surface area contributed by atoms with Crippen LogP contribution in [0.2, 0.25) is 5.02 Å². The van der Waals surface area contributed by atoms with Crippen molar-refractivity contribution < 1.29 is 8.42 Å². The van der Waals surface area contributed by atoms with Gasteiger partial charge in [-0.15, -0.1) is 0 Å². The van der Waals surface area contributed by atoms with Gasteiger partial charge in [0.05, 0.1) is 33.9 Å². The molecule has 0 fully saturated rings. The van der Waals surface area contributed by atoms with E-state index in [0.717, 1.165) is 5.56 Å². The van der Waals surface area contributed by atoms with E-state index in [-0.39, 0.29) is 28.3 Å². The van der Waals surface area contributed by atoms with E-state index in [9.17, 15) is 13.2 Å². The number of nitrogens with zero attached hydrogens (tertiary/aromatic N) is 6. The molecule has 0 saturated heterocycles. The van der Waals surface area contributed by atoms with Gasteiger partial charge in [0.25, 0.3) is 5.56 Å². The van der Waals surface area contributed by atoms with Crippen LogP contribution in [0.3, 0.4) is 0 Å². The molecule has 0 amide bonds. The zero-order chi connectivity index (χ0) is 29.6. The third-order valence-electron chi connectivity index (χ3n) is 6.19. The summed E-state index contributed by atoms with van der Waals surface area (Å²) in [5.41, 5.74) is 8.36. The Kier molecular flexibility index (Phi) is 8.68. The molecule has 4 N–H and O–H groups in total. The third-order valence-corrected chi connectivity index (χ3v) is 6.99. The predicted octanol–water partition coefficient (Wildman–Crippen LogP) is 2.43. The summed E-state index contributed by atoms with van der Waals surface area (Å²) in [4.78, 5) is 35.4. The summed E-state index contributed by atoms with van der Waals surface area (Å²) >= 11 is 6.45. The molecule has 0 saturated carbocycles. The lowest BCUT2D eigenvalue weighted by Gasteiger charge is -2.21. The zero-order valence-electron chi connectivity index (χ0n) is 22.2. The van der Waals surface area contributed by atoms with Crippen LogP contribution in [0.25, 0.3) is 16.6 Å². The van der Waals surface area contributed by atoms with Crippen molar-refractivity contribution in [3.8, 4) is 17.5 Å². The van der Waals surface area contributed by atoms with Gasteiger partial charge in [0.2, 0.25) is 10.9 Å². The molecule has 0 bridgehead atoms. The average molecular weight is 602 g/mol. The second kappa shape index (κ2) is 12.7. The maximum Gasteiger partial charge on any atom is 0.267 e. The Balaban J connectivity index is 1.59. The van der Waals surface area contributed by atoms with Crippen molar-refractivity contribution in [3.63, 3.8) is 0 Å². The number of rotatable bonds is 8. The topological polar surface area (TPSA) is 171 Å². The fraction of sp³-hybridized carbons (Fsp3) is 0.143. The summed E-state index contributed by atoms with van der Waals surface area (Å²) in [6.45, 7) is 2.04. The fourth-order valence-corrected chi connectivity index (χ4v) is 4.83. The molecule has 0 aliphatic heterocycles. The van der Waals surface area contributed by atoms with Crippen molar-refractivity contribution in [1.82, 2.24) is 34.2 Å². The lowest BCUT2D eigenvalue weighted by atomic mass is 10.1. The van der Waals surface area contributed by atoms with Crippen LogP contribution in [0.1, 0.15) is 35.6 Å². The standard InChI is InChI=1S/C28H24ClN9O3S/c1-17(36-26-21(25(30)33-16-34-26)9-8-19-15-31-12-13-32-19)27-37-23-7-3-6-22(29)24(23)28(39)38(27)20-5-2-4-18(14-20)10-11-35-42(40)41/h2-7,12-17,42H,10-11H2,1H3,(H,35,40,41)(H3,30,33,34,36). The Morgan fingerprint density at radius 2 is 1.93 bits per heavy atom. The molecule has 0 aliphatic rings. The van der Waals surface area contributed by atoms with Crippen LogP contribution in [0, 0.1) is 11.8 Å². The van der Waals surface area contributed by atoms with Crippen molar-refractivity contribution in [2.24, 2.45) is 0 Å². The van der Waals surface area contributed by atoms with Crippen molar-refractivity contribution >= 4 is 45.0 Å². The second-order valence-corrected chi connectivity index (χ2v) is 10.3. The van der Waals surface area contributed by atoms with Crippen molar-refractivity contribution in [3.05, 3.63) is 105 Å². The number of nitrogen functional groups attached to an aromatic ring is 1. The van der Waals surface area contributed by atoms with Crippen molar-refractivity contribution in [2.45, 2.75) is 19.4 Å². The lowest BCUT2D eigenvalue weighted by Crippen LogP contribution is -2.28. The number of fused-ring (bicyclic) bond motifs is 1. The summed E-state index contributed by atoms with van der Waals surface area (Å²) in [7, 11) is -2.71. The molecule has 3 aromatic heterocycles. The number of halogens is 1. The number of thiol groups is 1.